The molecule has 0 aliphatic rings. The number of hydrogen-bond acceptors (Lipinski definition) is 7. The van der Waals surface area contributed by atoms with Gasteiger partial charge in [-0.1, -0.05) is 24.3 Å². The Morgan fingerprint density at radius 3 is 2.14 bits per heavy atom. The van der Waals surface area contributed by atoms with Gasteiger partial charge in [0.25, 0.3) is 11.8 Å². The van der Waals surface area contributed by atoms with Gasteiger partial charge in [0.05, 0.1) is 27.1 Å². The number of nitrogens with one attached hydrogen (secondary N) is 2. The molecule has 0 aromatic heterocycles. The second-order valence-electron chi connectivity index (χ2n) is 8.91. The SMILES string of the molecule is COc1ccc(C(=O)CSc2cccc(NC(=O)/C(=C/c3cc(OC)ccc3OC)NC(=O)c3ccccc3)c2)cc1. The molecule has 0 bridgehead atoms. The minimum atomic E-state index is -0.541. The largest absolute Gasteiger partial charge is 0.497 e. The van der Waals surface area contributed by atoms with Gasteiger partial charge in [0.2, 0.25) is 0 Å². The molecule has 4 aromatic rings. The van der Waals surface area contributed by atoms with Gasteiger partial charge in [-0.15, -0.1) is 11.8 Å². The van der Waals surface area contributed by atoms with Gasteiger partial charge in [-0.3, -0.25) is 14.4 Å². The zero-order chi connectivity index (χ0) is 29.9. The predicted molar refractivity (Wildman–Crippen MR) is 165 cm³/mol. The van der Waals surface area contributed by atoms with E-state index < -0.39 is 11.8 Å². The van der Waals surface area contributed by atoms with Gasteiger partial charge >= 0.3 is 0 Å². The fourth-order valence-corrected chi connectivity index (χ4v) is 4.77. The van der Waals surface area contributed by atoms with Crippen LogP contribution in [0.15, 0.2) is 108 Å². The van der Waals surface area contributed by atoms with Gasteiger partial charge in [-0.05, 0) is 78.9 Å². The first-order valence-electron chi connectivity index (χ1n) is 12.9. The van der Waals surface area contributed by atoms with Crippen molar-refractivity contribution < 1.29 is 28.6 Å². The van der Waals surface area contributed by atoms with Gasteiger partial charge in [0.1, 0.15) is 22.9 Å². The van der Waals surface area contributed by atoms with Crippen molar-refractivity contribution in [1.29, 1.82) is 0 Å². The fraction of sp³-hybridized carbons (Fsp3) is 0.121. The van der Waals surface area contributed by atoms with Crippen LogP contribution >= 0.6 is 11.8 Å². The number of rotatable bonds is 12. The van der Waals surface area contributed by atoms with E-state index in [0.29, 0.717) is 39.6 Å². The third kappa shape index (κ3) is 8.02. The van der Waals surface area contributed by atoms with Crippen molar-refractivity contribution >= 4 is 41.1 Å². The first-order valence-corrected chi connectivity index (χ1v) is 13.9. The Hall–Kier alpha value is -5.02. The van der Waals surface area contributed by atoms with Gasteiger partial charge in [0.15, 0.2) is 5.78 Å². The van der Waals surface area contributed by atoms with E-state index in [1.165, 1.54) is 32.1 Å². The number of anilines is 1. The molecule has 42 heavy (non-hydrogen) atoms. The summed E-state index contributed by atoms with van der Waals surface area (Å²) in [6, 6.07) is 27.9. The average Bonchev–Trinajstić information content (AvgIpc) is 3.03. The number of carbonyl (C=O) groups excluding carboxylic acids is 3. The topological polar surface area (TPSA) is 103 Å². The maximum atomic E-state index is 13.5. The Bertz CT molecular complexity index is 1590. The van der Waals surface area contributed by atoms with Crippen molar-refractivity contribution in [2.45, 2.75) is 4.90 Å². The summed E-state index contributed by atoms with van der Waals surface area (Å²) in [4.78, 5) is 40.0. The Morgan fingerprint density at radius 1 is 0.738 bits per heavy atom. The summed E-state index contributed by atoms with van der Waals surface area (Å²) in [6.07, 6.45) is 1.53. The number of amides is 2. The van der Waals surface area contributed by atoms with Crippen molar-refractivity contribution in [3.05, 3.63) is 119 Å². The van der Waals surface area contributed by atoms with Gasteiger partial charge in [0, 0.05) is 27.3 Å². The molecule has 0 fully saturated rings. The normalized spacial score (nSPS) is 10.9. The van der Waals surface area contributed by atoms with Crippen molar-refractivity contribution in [1.82, 2.24) is 5.32 Å². The second kappa shape index (κ2) is 14.6. The summed E-state index contributed by atoms with van der Waals surface area (Å²) >= 11 is 1.36. The minimum absolute atomic E-state index is 0.00291. The van der Waals surface area contributed by atoms with Crippen LogP contribution in [0.4, 0.5) is 5.69 Å². The molecule has 0 aliphatic carbocycles. The van der Waals surface area contributed by atoms with Crippen LogP contribution in [-0.2, 0) is 4.79 Å². The number of Topliss-reactive ketones (excluding diaryl/α,β-unsaturated/α-hetero) is 1. The van der Waals surface area contributed by atoms with Crippen LogP contribution in [0.25, 0.3) is 6.08 Å². The number of ether oxygens (including phenoxy) is 3. The number of methoxy groups -OCH3 is 3. The smallest absolute Gasteiger partial charge is 0.272 e. The summed E-state index contributed by atoms with van der Waals surface area (Å²) in [5, 5.41) is 5.58. The lowest BCUT2D eigenvalue weighted by atomic mass is 10.1. The summed E-state index contributed by atoms with van der Waals surface area (Å²) in [6.45, 7) is 0. The molecule has 0 spiro atoms. The summed E-state index contributed by atoms with van der Waals surface area (Å²) < 4.78 is 15.9. The maximum Gasteiger partial charge on any atom is 0.272 e. The molecule has 4 aromatic carbocycles. The summed E-state index contributed by atoms with van der Waals surface area (Å²) in [5.41, 5.74) is 2.03. The third-order valence-electron chi connectivity index (χ3n) is 6.14. The van der Waals surface area contributed by atoms with Gasteiger partial charge in [-0.25, -0.2) is 0 Å². The number of hydrogen-bond donors (Lipinski definition) is 2. The van der Waals surface area contributed by atoms with Crippen molar-refractivity contribution in [3.8, 4) is 17.2 Å². The Labute approximate surface area is 248 Å². The number of carbonyl (C=O) groups is 3. The van der Waals surface area contributed by atoms with Crippen molar-refractivity contribution in [2.75, 3.05) is 32.4 Å². The number of thioether (sulfide) groups is 1. The maximum absolute atomic E-state index is 13.5. The van der Waals surface area contributed by atoms with E-state index >= 15 is 0 Å². The zero-order valence-corrected chi connectivity index (χ0v) is 24.2. The van der Waals surface area contributed by atoms with E-state index in [1.54, 1.807) is 98.1 Å². The molecule has 0 heterocycles. The van der Waals surface area contributed by atoms with Crippen molar-refractivity contribution in [2.24, 2.45) is 0 Å². The van der Waals surface area contributed by atoms with Crippen LogP contribution in [0.2, 0.25) is 0 Å². The van der Waals surface area contributed by atoms with E-state index in [4.69, 9.17) is 14.2 Å². The molecular formula is C33H30N2O6S. The Balaban J connectivity index is 1.53. The van der Waals surface area contributed by atoms with E-state index in [-0.39, 0.29) is 17.2 Å². The van der Waals surface area contributed by atoms with E-state index in [9.17, 15) is 14.4 Å². The molecule has 0 saturated carbocycles. The molecule has 0 saturated heterocycles. The Kier molecular flexibility index (Phi) is 10.4. The molecule has 2 amide bonds. The van der Waals surface area contributed by atoms with Crippen LogP contribution in [0.5, 0.6) is 17.2 Å². The summed E-state index contributed by atoms with van der Waals surface area (Å²) in [7, 11) is 4.63. The first-order chi connectivity index (χ1) is 20.4. The van der Waals surface area contributed by atoms with Crippen LogP contribution in [-0.4, -0.2) is 44.7 Å². The molecule has 9 heteroatoms. The van der Waals surface area contributed by atoms with Crippen LogP contribution < -0.4 is 24.8 Å². The number of benzene rings is 4. The average molecular weight is 583 g/mol. The molecule has 2 N–H and O–H groups in total. The lowest BCUT2D eigenvalue weighted by molar-refractivity contribution is -0.113. The highest BCUT2D eigenvalue weighted by Gasteiger charge is 2.17. The zero-order valence-electron chi connectivity index (χ0n) is 23.4. The molecular weight excluding hydrogens is 552 g/mol. The van der Waals surface area contributed by atoms with Crippen LogP contribution in [0, 0.1) is 0 Å². The predicted octanol–water partition coefficient (Wildman–Crippen LogP) is 6.10. The van der Waals surface area contributed by atoms with E-state index in [2.05, 4.69) is 10.6 Å². The second-order valence-corrected chi connectivity index (χ2v) is 9.96. The monoisotopic (exact) mass is 582 g/mol. The molecule has 0 unspecified atom stereocenters. The molecule has 8 nitrogen and oxygen atoms in total. The highest BCUT2D eigenvalue weighted by molar-refractivity contribution is 8.00. The van der Waals surface area contributed by atoms with Crippen LogP contribution in [0.3, 0.4) is 0 Å². The number of ketones is 1. The Morgan fingerprint density at radius 2 is 1.45 bits per heavy atom. The van der Waals surface area contributed by atoms with Gasteiger partial charge in [-0.2, -0.15) is 0 Å². The lowest BCUT2D eigenvalue weighted by Gasteiger charge is -2.13. The van der Waals surface area contributed by atoms with Crippen molar-refractivity contribution in [3.63, 3.8) is 0 Å². The van der Waals surface area contributed by atoms with E-state index in [0.717, 1.165) is 4.90 Å². The quantitative estimate of drug-likeness (QED) is 0.118. The molecule has 0 atom stereocenters. The highest BCUT2D eigenvalue weighted by atomic mass is 32.2. The molecule has 214 valence electrons. The summed E-state index contributed by atoms with van der Waals surface area (Å²) in [5.74, 6) is 0.942. The minimum Gasteiger partial charge on any atom is -0.497 e. The molecule has 4 rings (SSSR count). The fourth-order valence-electron chi connectivity index (χ4n) is 3.92. The van der Waals surface area contributed by atoms with Gasteiger partial charge < -0.3 is 24.8 Å². The highest BCUT2D eigenvalue weighted by Crippen LogP contribution is 2.27. The lowest BCUT2D eigenvalue weighted by Crippen LogP contribution is -2.30. The molecule has 0 radical (unpaired) electrons. The van der Waals surface area contributed by atoms with Crippen LogP contribution in [0.1, 0.15) is 26.3 Å². The third-order valence-corrected chi connectivity index (χ3v) is 7.13. The molecule has 0 aliphatic heterocycles. The standard InChI is InChI=1S/C33H30N2O6S/c1-39-26-14-12-22(13-15-26)30(36)21-42-28-11-7-10-25(20-28)34-33(38)29(35-32(37)23-8-5-4-6-9-23)19-24-18-27(40-2)16-17-31(24)41-3/h4-20H,21H2,1-3H3,(H,34,38)(H,35,37)/b29-19-. The first kappa shape index (κ1) is 30.0. The van der Waals surface area contributed by atoms with E-state index in [1.807, 2.05) is 6.07 Å².